The molecular formula is C15H24. The Bertz CT molecular complexity index is 308. The molecule has 0 bridgehead atoms. The highest BCUT2D eigenvalue weighted by atomic mass is 14.5. The normalized spacial score (nSPS) is 39.7. The van der Waals surface area contributed by atoms with E-state index in [4.69, 9.17) is 0 Å². The van der Waals surface area contributed by atoms with Crippen molar-refractivity contribution < 1.29 is 0 Å². The van der Waals surface area contributed by atoms with E-state index in [0.717, 1.165) is 11.8 Å². The Labute approximate surface area is 94.5 Å². The summed E-state index contributed by atoms with van der Waals surface area (Å²) in [7, 11) is 0. The molecule has 84 valence electrons. The van der Waals surface area contributed by atoms with Crippen LogP contribution in [0.2, 0.25) is 0 Å². The van der Waals surface area contributed by atoms with Crippen LogP contribution in [0.3, 0.4) is 0 Å². The van der Waals surface area contributed by atoms with Crippen LogP contribution in [0.5, 0.6) is 0 Å². The quantitative estimate of drug-likeness (QED) is 0.623. The monoisotopic (exact) mass is 204 g/mol. The van der Waals surface area contributed by atoms with Crippen molar-refractivity contribution in [1.29, 1.82) is 0 Å². The molecule has 0 N–H and O–H groups in total. The second kappa shape index (κ2) is 3.81. The topological polar surface area (TPSA) is 0 Å². The zero-order valence-corrected chi connectivity index (χ0v) is 10.6. The maximum absolute atomic E-state index is 2.43. The van der Waals surface area contributed by atoms with Crippen LogP contribution in [0, 0.1) is 17.3 Å². The van der Waals surface area contributed by atoms with E-state index in [1.807, 2.05) is 0 Å². The molecule has 1 saturated carbocycles. The molecule has 0 heterocycles. The molecule has 0 nitrogen and oxygen atoms in total. The fourth-order valence-electron chi connectivity index (χ4n) is 2.89. The zero-order chi connectivity index (χ0) is 11.1. The van der Waals surface area contributed by atoms with Gasteiger partial charge < -0.3 is 0 Å². The summed E-state index contributed by atoms with van der Waals surface area (Å²) in [5, 5.41) is 0. The number of allylic oxidation sites excluding steroid dienone is 4. The molecule has 0 amide bonds. The Morgan fingerprint density at radius 3 is 2.60 bits per heavy atom. The molecule has 3 atom stereocenters. The molecule has 0 saturated heterocycles. The minimum absolute atomic E-state index is 0.449. The van der Waals surface area contributed by atoms with Crippen molar-refractivity contribution in [3.05, 3.63) is 23.3 Å². The van der Waals surface area contributed by atoms with Gasteiger partial charge in [0.15, 0.2) is 0 Å². The maximum Gasteiger partial charge on any atom is -0.00813 e. The minimum Gasteiger partial charge on any atom is -0.0671 e. The van der Waals surface area contributed by atoms with Crippen LogP contribution in [0.15, 0.2) is 23.3 Å². The van der Waals surface area contributed by atoms with Gasteiger partial charge in [-0.1, -0.05) is 50.5 Å². The first kappa shape index (κ1) is 11.0. The van der Waals surface area contributed by atoms with Gasteiger partial charge in [-0.25, -0.2) is 0 Å². The van der Waals surface area contributed by atoms with Gasteiger partial charge in [0.05, 0.1) is 0 Å². The van der Waals surface area contributed by atoms with Crippen molar-refractivity contribution >= 4 is 0 Å². The van der Waals surface area contributed by atoms with Gasteiger partial charge in [0.2, 0.25) is 0 Å². The van der Waals surface area contributed by atoms with Crippen LogP contribution in [-0.4, -0.2) is 0 Å². The summed E-state index contributed by atoms with van der Waals surface area (Å²) in [6.07, 6.45) is 10.2. The van der Waals surface area contributed by atoms with Gasteiger partial charge in [0, 0.05) is 0 Å². The lowest BCUT2D eigenvalue weighted by molar-refractivity contribution is 0.365. The summed E-state index contributed by atoms with van der Waals surface area (Å²) in [6.45, 7) is 9.37. The first-order chi connectivity index (χ1) is 7.10. The van der Waals surface area contributed by atoms with E-state index in [0.29, 0.717) is 5.41 Å². The molecule has 2 rings (SSSR count). The number of hydrogen-bond acceptors (Lipinski definition) is 0. The van der Waals surface area contributed by atoms with E-state index in [2.05, 4.69) is 39.8 Å². The molecule has 0 aliphatic heterocycles. The Kier molecular flexibility index (Phi) is 2.79. The van der Waals surface area contributed by atoms with Gasteiger partial charge >= 0.3 is 0 Å². The van der Waals surface area contributed by atoms with E-state index in [-0.39, 0.29) is 0 Å². The highest BCUT2D eigenvalue weighted by Gasteiger charge is 2.41. The maximum atomic E-state index is 2.43. The Hall–Kier alpha value is -0.520. The first-order valence-electron chi connectivity index (χ1n) is 6.48. The Morgan fingerprint density at radius 1 is 1.33 bits per heavy atom. The molecule has 0 radical (unpaired) electrons. The van der Waals surface area contributed by atoms with Crippen LogP contribution in [0.25, 0.3) is 0 Å². The third-order valence-corrected chi connectivity index (χ3v) is 4.80. The molecular weight excluding hydrogens is 180 g/mol. The molecule has 2 aliphatic carbocycles. The van der Waals surface area contributed by atoms with Crippen LogP contribution >= 0.6 is 0 Å². The van der Waals surface area contributed by atoms with E-state index < -0.39 is 0 Å². The average molecular weight is 204 g/mol. The van der Waals surface area contributed by atoms with E-state index in [1.54, 1.807) is 11.1 Å². The van der Waals surface area contributed by atoms with E-state index >= 15 is 0 Å². The summed E-state index contributed by atoms with van der Waals surface area (Å²) in [6, 6.07) is 0. The standard InChI is InChI=1S/C15H24/c1-5-12-9-14(12)13-8-7-11(3)15(4,6-2)10-13/h7-8,12,14H,5-6,9-10H2,1-4H3. The molecule has 0 aromatic rings. The molecule has 0 heteroatoms. The first-order valence-corrected chi connectivity index (χ1v) is 6.48. The second-order valence-corrected chi connectivity index (χ2v) is 5.69. The van der Waals surface area contributed by atoms with Gasteiger partial charge in [-0.05, 0) is 43.4 Å². The second-order valence-electron chi connectivity index (χ2n) is 5.69. The summed E-state index contributed by atoms with van der Waals surface area (Å²) < 4.78 is 0. The largest absolute Gasteiger partial charge is 0.0671 e. The van der Waals surface area contributed by atoms with E-state index in [9.17, 15) is 0 Å². The smallest absolute Gasteiger partial charge is 0.00813 e. The third kappa shape index (κ3) is 1.91. The predicted octanol–water partition coefficient (Wildman–Crippen LogP) is 4.73. The molecule has 2 aliphatic rings. The van der Waals surface area contributed by atoms with Crippen molar-refractivity contribution in [1.82, 2.24) is 0 Å². The molecule has 1 fully saturated rings. The third-order valence-electron chi connectivity index (χ3n) is 4.80. The Morgan fingerprint density at radius 2 is 2.07 bits per heavy atom. The highest BCUT2D eigenvalue weighted by molar-refractivity contribution is 5.32. The molecule has 0 aromatic heterocycles. The SMILES string of the molecule is CCC1CC1C1=CC=C(C)C(C)(CC)C1. The van der Waals surface area contributed by atoms with Crippen molar-refractivity contribution in [3.8, 4) is 0 Å². The molecule has 15 heavy (non-hydrogen) atoms. The minimum atomic E-state index is 0.449. The van der Waals surface area contributed by atoms with E-state index in [1.165, 1.54) is 25.7 Å². The summed E-state index contributed by atoms with van der Waals surface area (Å²) in [4.78, 5) is 0. The summed E-state index contributed by atoms with van der Waals surface area (Å²) in [5.41, 5.74) is 3.75. The lowest BCUT2D eigenvalue weighted by Crippen LogP contribution is -2.20. The molecule has 3 unspecified atom stereocenters. The van der Waals surface area contributed by atoms with Gasteiger partial charge in [-0.3, -0.25) is 0 Å². The highest BCUT2D eigenvalue weighted by Crippen LogP contribution is 2.52. The number of hydrogen-bond donors (Lipinski definition) is 0. The molecule has 0 spiro atoms. The van der Waals surface area contributed by atoms with Crippen LogP contribution in [0.1, 0.15) is 53.4 Å². The summed E-state index contributed by atoms with van der Waals surface area (Å²) in [5.74, 6) is 1.94. The van der Waals surface area contributed by atoms with Crippen molar-refractivity contribution in [2.75, 3.05) is 0 Å². The lowest BCUT2D eigenvalue weighted by Gasteiger charge is -2.33. The Balaban J connectivity index is 2.11. The van der Waals surface area contributed by atoms with Crippen LogP contribution < -0.4 is 0 Å². The van der Waals surface area contributed by atoms with Gasteiger partial charge in [0.25, 0.3) is 0 Å². The van der Waals surface area contributed by atoms with Gasteiger partial charge in [-0.15, -0.1) is 0 Å². The van der Waals surface area contributed by atoms with Gasteiger partial charge in [-0.2, -0.15) is 0 Å². The molecule has 0 aromatic carbocycles. The summed E-state index contributed by atoms with van der Waals surface area (Å²) >= 11 is 0. The van der Waals surface area contributed by atoms with Crippen molar-refractivity contribution in [2.45, 2.75) is 53.4 Å². The average Bonchev–Trinajstić information content (AvgIpc) is 3.01. The van der Waals surface area contributed by atoms with Crippen molar-refractivity contribution in [3.63, 3.8) is 0 Å². The van der Waals surface area contributed by atoms with Gasteiger partial charge in [0.1, 0.15) is 0 Å². The fourth-order valence-corrected chi connectivity index (χ4v) is 2.89. The fraction of sp³-hybridized carbons (Fsp3) is 0.733. The predicted molar refractivity (Wildman–Crippen MR) is 66.7 cm³/mol. The van der Waals surface area contributed by atoms with Crippen LogP contribution in [0.4, 0.5) is 0 Å². The zero-order valence-electron chi connectivity index (χ0n) is 10.6. The number of rotatable bonds is 3. The lowest BCUT2D eigenvalue weighted by atomic mass is 9.71. The van der Waals surface area contributed by atoms with Crippen molar-refractivity contribution in [2.24, 2.45) is 17.3 Å². The van der Waals surface area contributed by atoms with Crippen LogP contribution in [-0.2, 0) is 0 Å².